The summed E-state index contributed by atoms with van der Waals surface area (Å²) in [4.78, 5) is 26.8. The highest BCUT2D eigenvalue weighted by molar-refractivity contribution is 5.85. The predicted molar refractivity (Wildman–Crippen MR) is 119 cm³/mol. The Morgan fingerprint density at radius 1 is 1.10 bits per heavy atom. The molecule has 1 N–H and O–H groups in total. The Morgan fingerprint density at radius 3 is 2.57 bits per heavy atom. The van der Waals surface area contributed by atoms with Crippen LogP contribution in [0.4, 0.5) is 4.79 Å². The van der Waals surface area contributed by atoms with E-state index in [-0.39, 0.29) is 36.8 Å². The first-order chi connectivity index (χ1) is 14.1. The fraction of sp³-hybridized carbons (Fsp3) is 0.364. The summed E-state index contributed by atoms with van der Waals surface area (Å²) in [7, 11) is 1.80. The molecule has 0 aliphatic carbocycles. The number of nitrogens with zero attached hydrogens (tertiary/aromatic N) is 3. The van der Waals surface area contributed by atoms with Gasteiger partial charge < -0.3 is 15.0 Å². The molecule has 1 aliphatic heterocycles. The Morgan fingerprint density at radius 2 is 1.80 bits per heavy atom. The van der Waals surface area contributed by atoms with E-state index in [1.54, 1.807) is 16.5 Å². The number of imidazole rings is 1. The summed E-state index contributed by atoms with van der Waals surface area (Å²) in [6, 6.07) is 17.6. The van der Waals surface area contributed by atoms with Crippen molar-refractivity contribution in [3.63, 3.8) is 0 Å². The van der Waals surface area contributed by atoms with Crippen LogP contribution in [0, 0.1) is 0 Å². The van der Waals surface area contributed by atoms with Crippen LogP contribution in [0.3, 0.4) is 0 Å². The minimum atomic E-state index is -0.289. The van der Waals surface area contributed by atoms with Crippen LogP contribution < -0.4 is 11.0 Å². The number of piperazine rings is 1. The molecule has 2 heterocycles. The lowest BCUT2D eigenvalue weighted by Gasteiger charge is -2.33. The molecular formula is C22H27ClN4O3. The van der Waals surface area contributed by atoms with Gasteiger partial charge in [0.1, 0.15) is 6.61 Å². The van der Waals surface area contributed by atoms with E-state index >= 15 is 0 Å². The number of hydrogen-bond acceptors (Lipinski definition) is 4. The molecule has 1 fully saturated rings. The van der Waals surface area contributed by atoms with Crippen LogP contribution in [0.5, 0.6) is 0 Å². The molecule has 0 spiro atoms. The van der Waals surface area contributed by atoms with E-state index in [1.165, 1.54) is 0 Å². The number of hydrogen-bond donors (Lipinski definition) is 1. The van der Waals surface area contributed by atoms with Crippen LogP contribution in [-0.4, -0.2) is 45.8 Å². The predicted octanol–water partition coefficient (Wildman–Crippen LogP) is 2.76. The van der Waals surface area contributed by atoms with E-state index in [1.807, 2.05) is 59.2 Å². The lowest BCUT2D eigenvalue weighted by molar-refractivity contribution is 0.0838. The zero-order chi connectivity index (χ0) is 20.2. The first-order valence-electron chi connectivity index (χ1n) is 9.97. The van der Waals surface area contributed by atoms with E-state index in [9.17, 15) is 9.59 Å². The number of halogens is 1. The minimum Gasteiger partial charge on any atom is -0.445 e. The van der Waals surface area contributed by atoms with Crippen LogP contribution in [0.25, 0.3) is 11.0 Å². The van der Waals surface area contributed by atoms with Crippen molar-refractivity contribution in [2.45, 2.75) is 25.6 Å². The third-order valence-corrected chi connectivity index (χ3v) is 5.47. The van der Waals surface area contributed by atoms with Gasteiger partial charge in [-0.2, -0.15) is 0 Å². The Labute approximate surface area is 181 Å². The zero-order valence-corrected chi connectivity index (χ0v) is 17.8. The van der Waals surface area contributed by atoms with Gasteiger partial charge in [0, 0.05) is 39.3 Å². The molecule has 3 aromatic rings. The van der Waals surface area contributed by atoms with E-state index in [0.29, 0.717) is 19.6 Å². The lowest BCUT2D eigenvalue weighted by atomic mass is 10.1. The van der Waals surface area contributed by atoms with E-state index < -0.39 is 0 Å². The smallest absolute Gasteiger partial charge is 0.410 e. The molecule has 0 radical (unpaired) electrons. The maximum atomic E-state index is 12.6. The summed E-state index contributed by atoms with van der Waals surface area (Å²) in [5.41, 5.74) is 2.83. The number of aryl methyl sites for hydroxylation is 2. The third kappa shape index (κ3) is 4.68. The van der Waals surface area contributed by atoms with Crippen LogP contribution in [0.1, 0.15) is 12.0 Å². The number of ether oxygens (including phenoxy) is 1. The summed E-state index contributed by atoms with van der Waals surface area (Å²) in [5.74, 6) is 0. The van der Waals surface area contributed by atoms with Crippen LogP contribution in [-0.2, 0) is 24.9 Å². The molecule has 1 saturated heterocycles. The van der Waals surface area contributed by atoms with Gasteiger partial charge in [0.05, 0.1) is 11.0 Å². The number of carbonyl (C=O) groups excluding carboxylic acids is 1. The minimum absolute atomic E-state index is 0. The van der Waals surface area contributed by atoms with Gasteiger partial charge in [-0.3, -0.25) is 9.13 Å². The molecule has 0 unspecified atom stereocenters. The fourth-order valence-electron chi connectivity index (χ4n) is 3.86. The normalized spacial score (nSPS) is 16.3. The summed E-state index contributed by atoms with van der Waals surface area (Å²) in [6.07, 6.45) is 0.471. The Hall–Kier alpha value is -2.77. The van der Waals surface area contributed by atoms with E-state index in [0.717, 1.165) is 29.6 Å². The summed E-state index contributed by atoms with van der Waals surface area (Å²) >= 11 is 0. The molecule has 160 valence electrons. The number of carbonyl (C=O) groups is 1. The van der Waals surface area contributed by atoms with Gasteiger partial charge in [-0.05, 0) is 24.1 Å². The van der Waals surface area contributed by atoms with Gasteiger partial charge in [-0.1, -0.05) is 42.5 Å². The van der Waals surface area contributed by atoms with E-state index in [4.69, 9.17) is 4.74 Å². The molecule has 30 heavy (non-hydrogen) atoms. The first-order valence-corrected chi connectivity index (χ1v) is 9.97. The quantitative estimate of drug-likeness (QED) is 0.675. The van der Waals surface area contributed by atoms with Crippen molar-refractivity contribution in [1.29, 1.82) is 0 Å². The first kappa shape index (κ1) is 21.9. The monoisotopic (exact) mass is 430 g/mol. The average Bonchev–Trinajstić information content (AvgIpc) is 3.01. The van der Waals surface area contributed by atoms with Crippen molar-refractivity contribution in [3.05, 3.63) is 70.6 Å². The number of fused-ring (bicyclic) bond motifs is 1. The second kappa shape index (κ2) is 9.82. The standard InChI is InChI=1S/C22H26N4O3.ClH/c1-24-19-9-5-6-10-20(19)26(21(24)27)13-11-18-15-25(14-12-23-18)22(28)29-16-17-7-3-2-4-8-17;/h2-10,18,23H,11-16H2,1H3;1H/t18-;/m1./s1. The van der Waals surface area contributed by atoms with Gasteiger partial charge in [0.2, 0.25) is 0 Å². The topological polar surface area (TPSA) is 68.5 Å². The third-order valence-electron chi connectivity index (χ3n) is 5.47. The van der Waals surface area contributed by atoms with Crippen molar-refractivity contribution >= 4 is 29.5 Å². The van der Waals surface area contributed by atoms with Crippen molar-refractivity contribution in [1.82, 2.24) is 19.4 Å². The zero-order valence-electron chi connectivity index (χ0n) is 17.0. The molecule has 1 aliphatic rings. The van der Waals surface area contributed by atoms with Crippen molar-refractivity contribution in [3.8, 4) is 0 Å². The molecule has 2 aromatic carbocycles. The number of nitrogens with one attached hydrogen (secondary N) is 1. The fourth-order valence-corrected chi connectivity index (χ4v) is 3.86. The molecule has 0 saturated carbocycles. The molecular weight excluding hydrogens is 404 g/mol. The van der Waals surface area contributed by atoms with Crippen LogP contribution in [0.15, 0.2) is 59.4 Å². The van der Waals surface area contributed by atoms with Crippen molar-refractivity contribution < 1.29 is 9.53 Å². The maximum Gasteiger partial charge on any atom is 0.410 e. The lowest BCUT2D eigenvalue weighted by Crippen LogP contribution is -2.53. The second-order valence-electron chi connectivity index (χ2n) is 7.41. The SMILES string of the molecule is Cl.Cn1c(=O)n(CC[C@@H]2CN(C(=O)OCc3ccccc3)CCN2)c2ccccc21. The molecule has 0 bridgehead atoms. The Bertz CT molecular complexity index is 1050. The molecule has 1 atom stereocenters. The largest absolute Gasteiger partial charge is 0.445 e. The van der Waals surface area contributed by atoms with Gasteiger partial charge in [0.25, 0.3) is 0 Å². The number of benzene rings is 2. The van der Waals surface area contributed by atoms with Crippen LogP contribution in [0.2, 0.25) is 0 Å². The molecule has 4 rings (SSSR count). The molecule has 7 nitrogen and oxygen atoms in total. The number of aromatic nitrogens is 2. The van der Waals surface area contributed by atoms with Gasteiger partial charge >= 0.3 is 11.8 Å². The van der Waals surface area contributed by atoms with Crippen LogP contribution >= 0.6 is 12.4 Å². The summed E-state index contributed by atoms with van der Waals surface area (Å²) < 4.78 is 8.95. The Kier molecular flexibility index (Phi) is 7.18. The highest BCUT2D eigenvalue weighted by Crippen LogP contribution is 2.13. The van der Waals surface area contributed by atoms with Crippen molar-refractivity contribution in [2.75, 3.05) is 19.6 Å². The number of para-hydroxylation sites is 2. The highest BCUT2D eigenvalue weighted by Gasteiger charge is 2.24. The van der Waals surface area contributed by atoms with Gasteiger partial charge in [-0.15, -0.1) is 12.4 Å². The highest BCUT2D eigenvalue weighted by atomic mass is 35.5. The van der Waals surface area contributed by atoms with Gasteiger partial charge in [0.15, 0.2) is 0 Å². The van der Waals surface area contributed by atoms with Crippen molar-refractivity contribution in [2.24, 2.45) is 7.05 Å². The van der Waals surface area contributed by atoms with E-state index in [2.05, 4.69) is 5.32 Å². The maximum absolute atomic E-state index is 12.6. The van der Waals surface area contributed by atoms with Gasteiger partial charge in [-0.25, -0.2) is 9.59 Å². The molecule has 8 heteroatoms. The molecule has 1 amide bonds. The second-order valence-corrected chi connectivity index (χ2v) is 7.41. The molecule has 1 aromatic heterocycles. The summed E-state index contributed by atoms with van der Waals surface area (Å²) in [6.45, 7) is 2.80. The number of amides is 1. The Balaban J connectivity index is 0.00000256. The number of rotatable bonds is 5. The average molecular weight is 431 g/mol. The summed E-state index contributed by atoms with van der Waals surface area (Å²) in [5, 5.41) is 3.45.